The van der Waals surface area contributed by atoms with Gasteiger partial charge in [0.25, 0.3) is 0 Å². The summed E-state index contributed by atoms with van der Waals surface area (Å²) in [6, 6.07) is 0.737. The summed E-state index contributed by atoms with van der Waals surface area (Å²) in [5.74, 6) is -0.160. The molecule has 2 aliphatic heterocycles. The Morgan fingerprint density at radius 1 is 1.43 bits per heavy atom. The predicted octanol–water partition coefficient (Wildman–Crippen LogP) is 0.114. The van der Waals surface area contributed by atoms with Crippen LogP contribution in [0.1, 0.15) is 26.2 Å². The Morgan fingerprint density at radius 2 is 2.21 bits per heavy atom. The van der Waals surface area contributed by atoms with Crippen molar-refractivity contribution in [1.29, 1.82) is 0 Å². The molecule has 0 bridgehead atoms. The van der Waals surface area contributed by atoms with Crippen molar-refractivity contribution in [3.63, 3.8) is 0 Å². The van der Waals surface area contributed by atoms with Crippen LogP contribution in [0.3, 0.4) is 0 Å². The molecule has 0 amide bonds. The molecule has 0 aliphatic carbocycles. The highest BCUT2D eigenvalue weighted by Crippen LogP contribution is 2.28. The van der Waals surface area contributed by atoms with Crippen molar-refractivity contribution in [3.05, 3.63) is 0 Å². The number of hydrogen-bond acceptors (Lipinski definition) is 4. The van der Waals surface area contributed by atoms with E-state index in [1.54, 1.807) is 0 Å². The Hall–Kier alpha value is -0.610. The van der Waals surface area contributed by atoms with Crippen molar-refractivity contribution < 1.29 is 9.53 Å². The molecule has 2 heterocycles. The number of nitrogens with two attached hydrogens (primary N) is 1. The molecule has 14 heavy (non-hydrogen) atoms. The molecule has 4 heteroatoms. The Morgan fingerprint density at radius 3 is 2.93 bits per heavy atom. The van der Waals surface area contributed by atoms with Crippen molar-refractivity contribution in [1.82, 2.24) is 4.90 Å². The van der Waals surface area contributed by atoms with Crippen LogP contribution in [0.5, 0.6) is 0 Å². The number of piperidine rings is 1. The molecule has 2 aliphatic rings. The molecule has 2 saturated heterocycles. The number of esters is 1. The van der Waals surface area contributed by atoms with Crippen LogP contribution in [-0.2, 0) is 9.53 Å². The SMILES string of the molecule is CC(=O)O[C@H]1CCN2C[C@@H](N)CC[C@@H]12. The minimum absolute atomic E-state index is 0.111. The summed E-state index contributed by atoms with van der Waals surface area (Å²) < 4.78 is 5.29. The van der Waals surface area contributed by atoms with Gasteiger partial charge in [-0.05, 0) is 19.3 Å². The maximum atomic E-state index is 10.9. The molecule has 0 radical (unpaired) electrons. The summed E-state index contributed by atoms with van der Waals surface area (Å²) in [6.45, 7) is 3.47. The van der Waals surface area contributed by atoms with Crippen molar-refractivity contribution in [2.75, 3.05) is 13.1 Å². The van der Waals surface area contributed by atoms with Crippen LogP contribution in [0.25, 0.3) is 0 Å². The molecule has 4 nitrogen and oxygen atoms in total. The fraction of sp³-hybridized carbons (Fsp3) is 0.900. The van der Waals surface area contributed by atoms with Gasteiger partial charge in [0.1, 0.15) is 6.10 Å². The van der Waals surface area contributed by atoms with Crippen molar-refractivity contribution >= 4 is 5.97 Å². The van der Waals surface area contributed by atoms with Gasteiger partial charge in [-0.15, -0.1) is 0 Å². The molecule has 0 aromatic heterocycles. The van der Waals surface area contributed by atoms with Gasteiger partial charge >= 0.3 is 5.97 Å². The average Bonchev–Trinajstić information content (AvgIpc) is 2.47. The summed E-state index contributed by atoms with van der Waals surface area (Å²) in [4.78, 5) is 13.2. The zero-order chi connectivity index (χ0) is 10.1. The molecule has 0 unspecified atom stereocenters. The zero-order valence-electron chi connectivity index (χ0n) is 8.61. The summed E-state index contributed by atoms with van der Waals surface area (Å²) in [5.41, 5.74) is 5.89. The molecule has 3 atom stereocenters. The van der Waals surface area contributed by atoms with E-state index in [9.17, 15) is 4.79 Å². The largest absolute Gasteiger partial charge is 0.461 e. The van der Waals surface area contributed by atoms with Gasteiger partial charge in [-0.2, -0.15) is 0 Å². The standard InChI is InChI=1S/C10H18N2O2/c1-7(13)14-10-4-5-12-6-8(11)2-3-9(10)12/h8-10H,2-6,11H2,1H3/t8-,9-,10-/m0/s1. The fourth-order valence-corrected chi connectivity index (χ4v) is 2.61. The highest BCUT2D eigenvalue weighted by atomic mass is 16.5. The molecule has 2 fully saturated rings. The Kier molecular flexibility index (Phi) is 2.74. The number of hydrogen-bond donors (Lipinski definition) is 1. The second-order valence-electron chi connectivity index (χ2n) is 4.34. The van der Waals surface area contributed by atoms with E-state index in [0.717, 1.165) is 32.4 Å². The maximum Gasteiger partial charge on any atom is 0.302 e. The summed E-state index contributed by atoms with van der Waals surface area (Å²) >= 11 is 0. The van der Waals surface area contributed by atoms with E-state index in [1.807, 2.05) is 0 Å². The summed E-state index contributed by atoms with van der Waals surface area (Å²) in [6.07, 6.45) is 3.20. The minimum atomic E-state index is -0.160. The average molecular weight is 198 g/mol. The summed E-state index contributed by atoms with van der Waals surface area (Å²) in [7, 11) is 0. The predicted molar refractivity (Wildman–Crippen MR) is 52.7 cm³/mol. The number of nitrogens with zero attached hydrogens (tertiary/aromatic N) is 1. The summed E-state index contributed by atoms with van der Waals surface area (Å²) in [5, 5.41) is 0. The normalized spacial score (nSPS) is 38.0. The lowest BCUT2D eigenvalue weighted by atomic mass is 9.98. The van der Waals surface area contributed by atoms with E-state index in [-0.39, 0.29) is 12.1 Å². The second kappa shape index (κ2) is 3.87. The number of ether oxygens (including phenoxy) is 1. The van der Waals surface area contributed by atoms with E-state index < -0.39 is 0 Å². The van der Waals surface area contributed by atoms with Crippen LogP contribution >= 0.6 is 0 Å². The van der Waals surface area contributed by atoms with Gasteiger partial charge in [0, 0.05) is 32.1 Å². The highest BCUT2D eigenvalue weighted by Gasteiger charge is 2.39. The lowest BCUT2D eigenvalue weighted by Gasteiger charge is -2.34. The van der Waals surface area contributed by atoms with Gasteiger partial charge in [0.15, 0.2) is 0 Å². The molecule has 2 N–H and O–H groups in total. The lowest BCUT2D eigenvalue weighted by Crippen LogP contribution is -2.48. The number of fused-ring (bicyclic) bond motifs is 1. The van der Waals surface area contributed by atoms with Crippen LogP contribution in [-0.4, -0.2) is 42.1 Å². The molecule has 0 saturated carbocycles. The van der Waals surface area contributed by atoms with E-state index >= 15 is 0 Å². The Balaban J connectivity index is 1.95. The van der Waals surface area contributed by atoms with Gasteiger partial charge in [-0.25, -0.2) is 0 Å². The van der Waals surface area contributed by atoms with E-state index in [2.05, 4.69) is 4.90 Å². The first-order chi connectivity index (χ1) is 6.66. The van der Waals surface area contributed by atoms with Crippen LogP contribution in [0.4, 0.5) is 0 Å². The molecule has 0 aromatic carbocycles. The quantitative estimate of drug-likeness (QED) is 0.608. The third-order valence-corrected chi connectivity index (χ3v) is 3.22. The van der Waals surface area contributed by atoms with E-state index in [0.29, 0.717) is 12.1 Å². The Bertz CT molecular complexity index is 232. The number of rotatable bonds is 1. The second-order valence-corrected chi connectivity index (χ2v) is 4.34. The van der Waals surface area contributed by atoms with Gasteiger partial charge in [0.2, 0.25) is 0 Å². The fourth-order valence-electron chi connectivity index (χ4n) is 2.61. The van der Waals surface area contributed by atoms with Crippen LogP contribution in [0.2, 0.25) is 0 Å². The first kappa shape index (κ1) is 9.93. The van der Waals surface area contributed by atoms with E-state index in [4.69, 9.17) is 10.5 Å². The monoisotopic (exact) mass is 198 g/mol. The van der Waals surface area contributed by atoms with Crippen LogP contribution in [0, 0.1) is 0 Å². The van der Waals surface area contributed by atoms with Gasteiger partial charge in [0.05, 0.1) is 0 Å². The first-order valence-corrected chi connectivity index (χ1v) is 5.33. The third kappa shape index (κ3) is 1.91. The molecule has 2 rings (SSSR count). The Labute approximate surface area is 84.4 Å². The van der Waals surface area contributed by atoms with Crippen LogP contribution < -0.4 is 5.73 Å². The van der Waals surface area contributed by atoms with Gasteiger partial charge < -0.3 is 10.5 Å². The number of carbonyl (C=O) groups is 1. The smallest absolute Gasteiger partial charge is 0.302 e. The lowest BCUT2D eigenvalue weighted by molar-refractivity contribution is -0.147. The highest BCUT2D eigenvalue weighted by molar-refractivity contribution is 5.66. The van der Waals surface area contributed by atoms with Gasteiger partial charge in [-0.3, -0.25) is 9.69 Å². The first-order valence-electron chi connectivity index (χ1n) is 5.33. The third-order valence-electron chi connectivity index (χ3n) is 3.22. The van der Waals surface area contributed by atoms with Gasteiger partial charge in [-0.1, -0.05) is 0 Å². The van der Waals surface area contributed by atoms with E-state index in [1.165, 1.54) is 6.92 Å². The zero-order valence-corrected chi connectivity index (χ0v) is 8.61. The molecule has 80 valence electrons. The van der Waals surface area contributed by atoms with Crippen LogP contribution in [0.15, 0.2) is 0 Å². The van der Waals surface area contributed by atoms with Crippen molar-refractivity contribution in [3.8, 4) is 0 Å². The van der Waals surface area contributed by atoms with Crippen molar-refractivity contribution in [2.24, 2.45) is 5.73 Å². The molecular weight excluding hydrogens is 180 g/mol. The number of carbonyl (C=O) groups excluding carboxylic acids is 1. The molecule has 0 spiro atoms. The van der Waals surface area contributed by atoms with Crippen molar-refractivity contribution in [2.45, 2.75) is 44.4 Å². The topological polar surface area (TPSA) is 55.6 Å². The molecular formula is C10H18N2O2. The maximum absolute atomic E-state index is 10.9. The minimum Gasteiger partial charge on any atom is -0.461 e. The molecule has 0 aromatic rings.